The van der Waals surface area contributed by atoms with E-state index in [-0.39, 0.29) is 0 Å². The summed E-state index contributed by atoms with van der Waals surface area (Å²) < 4.78 is 0. The molecule has 0 amide bonds. The first kappa shape index (κ1) is 21.7. The van der Waals surface area contributed by atoms with Crippen LogP contribution in [0.4, 0.5) is 0 Å². The molecule has 0 spiro atoms. The van der Waals surface area contributed by atoms with Crippen LogP contribution in [0.25, 0.3) is 65.7 Å². The highest BCUT2D eigenvalue weighted by Crippen LogP contribution is 2.43. The van der Waals surface area contributed by atoms with Gasteiger partial charge < -0.3 is 0 Å². The molecule has 7 aromatic carbocycles. The first-order valence-electron chi connectivity index (χ1n) is 12.9. The van der Waals surface area contributed by atoms with Crippen molar-refractivity contribution in [1.29, 1.82) is 0 Å². The lowest BCUT2D eigenvalue weighted by Gasteiger charge is -2.18. The highest BCUT2D eigenvalue weighted by molar-refractivity contribution is 6.32. The molecule has 0 saturated heterocycles. The molecule has 37 heavy (non-hydrogen) atoms. The van der Waals surface area contributed by atoms with Crippen LogP contribution in [-0.2, 0) is 0 Å². The lowest BCUT2D eigenvalue weighted by atomic mass is 9.85. The van der Waals surface area contributed by atoms with Crippen LogP contribution in [0.3, 0.4) is 0 Å². The first-order valence-corrected chi connectivity index (χ1v) is 12.9. The van der Waals surface area contributed by atoms with Crippen LogP contribution < -0.4 is 5.46 Å². The predicted octanol–water partition coefficient (Wildman–Crippen LogP) is 8.41. The van der Waals surface area contributed by atoms with Crippen molar-refractivity contribution in [2.75, 3.05) is 0 Å². The molecule has 7 rings (SSSR count). The zero-order chi connectivity index (χ0) is 24.8. The Morgan fingerprint density at radius 3 is 1.27 bits per heavy atom. The number of hydrogen-bond acceptors (Lipinski definition) is 0. The molecule has 0 nitrogen and oxygen atoms in total. The van der Waals surface area contributed by atoms with E-state index >= 15 is 0 Å². The van der Waals surface area contributed by atoms with E-state index in [2.05, 4.69) is 147 Å². The third-order valence-electron chi connectivity index (χ3n) is 7.55. The van der Waals surface area contributed by atoms with Gasteiger partial charge in [-0.3, -0.25) is 0 Å². The van der Waals surface area contributed by atoms with Crippen molar-refractivity contribution in [1.82, 2.24) is 0 Å². The maximum atomic E-state index is 2.29. The van der Waals surface area contributed by atoms with Crippen LogP contribution in [0.1, 0.15) is 0 Å². The summed E-state index contributed by atoms with van der Waals surface area (Å²) in [7, 11) is 2.14. The summed E-state index contributed by atoms with van der Waals surface area (Å²) in [5.74, 6) is 0. The summed E-state index contributed by atoms with van der Waals surface area (Å²) in [6, 6.07) is 50.9. The minimum absolute atomic E-state index is 1.24. The zero-order valence-corrected chi connectivity index (χ0v) is 20.8. The molecule has 0 aliphatic rings. The van der Waals surface area contributed by atoms with Crippen LogP contribution in [0.5, 0.6) is 0 Å². The van der Waals surface area contributed by atoms with Gasteiger partial charge in [0.25, 0.3) is 0 Å². The van der Waals surface area contributed by atoms with E-state index in [0.717, 1.165) is 0 Å². The smallest absolute Gasteiger partial charge is 0.0889 e. The van der Waals surface area contributed by atoms with E-state index in [1.165, 1.54) is 71.2 Å². The van der Waals surface area contributed by atoms with E-state index < -0.39 is 0 Å². The molecule has 0 aliphatic heterocycles. The maximum Gasteiger partial charge on any atom is 0.139 e. The standard InChI is InChI=1S/C36H25B/c37-28-22-20-27(21-23-28)36-33-13-5-3-11-31(33)35(32-12-4-6-14-34(32)36)26-18-16-25(17-19-26)30-15-7-9-24-8-1-2-10-29(24)30/h1-23H,37H2. The van der Waals surface area contributed by atoms with Crippen LogP contribution >= 0.6 is 0 Å². The summed E-state index contributed by atoms with van der Waals surface area (Å²) in [4.78, 5) is 0. The molecule has 0 fully saturated rings. The second kappa shape index (κ2) is 8.80. The summed E-state index contributed by atoms with van der Waals surface area (Å²) in [5, 5.41) is 7.71. The Morgan fingerprint density at radius 2 is 0.730 bits per heavy atom. The second-order valence-electron chi connectivity index (χ2n) is 9.81. The zero-order valence-electron chi connectivity index (χ0n) is 20.8. The van der Waals surface area contributed by atoms with Gasteiger partial charge in [0.15, 0.2) is 0 Å². The minimum Gasteiger partial charge on any atom is -0.0889 e. The molecule has 7 aromatic rings. The van der Waals surface area contributed by atoms with Gasteiger partial charge >= 0.3 is 0 Å². The first-order chi connectivity index (χ1) is 18.3. The van der Waals surface area contributed by atoms with Gasteiger partial charge in [0, 0.05) is 0 Å². The lowest BCUT2D eigenvalue weighted by molar-refractivity contribution is 1.63. The predicted molar refractivity (Wildman–Crippen MR) is 163 cm³/mol. The van der Waals surface area contributed by atoms with Crippen LogP contribution in [0.15, 0.2) is 140 Å². The molecule has 0 bridgehead atoms. The molecule has 0 heterocycles. The van der Waals surface area contributed by atoms with Gasteiger partial charge in [0.2, 0.25) is 0 Å². The molecule has 172 valence electrons. The number of fused-ring (bicyclic) bond motifs is 3. The largest absolute Gasteiger partial charge is 0.139 e. The average Bonchev–Trinajstić information content (AvgIpc) is 2.96. The fraction of sp³-hybridized carbons (Fsp3) is 0. The molecule has 0 aliphatic carbocycles. The molecule has 0 unspecified atom stereocenters. The van der Waals surface area contributed by atoms with Crippen molar-refractivity contribution in [2.45, 2.75) is 0 Å². The van der Waals surface area contributed by atoms with Crippen LogP contribution in [0, 0.1) is 0 Å². The van der Waals surface area contributed by atoms with Crippen molar-refractivity contribution < 1.29 is 0 Å². The summed E-state index contributed by atoms with van der Waals surface area (Å²) in [6.07, 6.45) is 0. The fourth-order valence-corrected chi connectivity index (χ4v) is 5.76. The maximum absolute atomic E-state index is 2.29. The van der Waals surface area contributed by atoms with E-state index in [0.29, 0.717) is 0 Å². The summed E-state index contributed by atoms with van der Waals surface area (Å²) in [5.41, 5.74) is 8.90. The van der Waals surface area contributed by atoms with Crippen LogP contribution in [-0.4, -0.2) is 7.85 Å². The minimum atomic E-state index is 1.24. The summed E-state index contributed by atoms with van der Waals surface area (Å²) >= 11 is 0. The van der Waals surface area contributed by atoms with Gasteiger partial charge in [-0.05, 0) is 65.7 Å². The molecule has 0 radical (unpaired) electrons. The Bertz CT molecular complexity index is 1850. The quantitative estimate of drug-likeness (QED) is 0.180. The monoisotopic (exact) mass is 468 g/mol. The SMILES string of the molecule is Bc1ccc(-c2c3ccccc3c(-c3ccc(-c4cccc5ccccc45)cc3)c3ccccc23)cc1. The van der Waals surface area contributed by atoms with Gasteiger partial charge in [0.05, 0.1) is 0 Å². The molecular formula is C36H25B. The Morgan fingerprint density at radius 1 is 0.324 bits per heavy atom. The van der Waals surface area contributed by atoms with Crippen molar-refractivity contribution in [3.05, 3.63) is 140 Å². The number of hydrogen-bond donors (Lipinski definition) is 0. The molecule has 0 N–H and O–H groups in total. The summed E-state index contributed by atoms with van der Waals surface area (Å²) in [6.45, 7) is 0. The Labute approximate surface area is 218 Å². The topological polar surface area (TPSA) is 0 Å². The molecule has 0 saturated carbocycles. The average molecular weight is 468 g/mol. The fourth-order valence-electron chi connectivity index (χ4n) is 5.76. The normalized spacial score (nSPS) is 11.4. The van der Waals surface area contributed by atoms with Crippen molar-refractivity contribution >= 4 is 45.6 Å². The molecule has 0 aromatic heterocycles. The second-order valence-corrected chi connectivity index (χ2v) is 9.81. The van der Waals surface area contributed by atoms with E-state index in [1.807, 2.05) is 0 Å². The van der Waals surface area contributed by atoms with Crippen LogP contribution in [0.2, 0.25) is 0 Å². The molecule has 1 heteroatoms. The van der Waals surface area contributed by atoms with E-state index in [4.69, 9.17) is 0 Å². The Balaban J connectivity index is 1.47. The Kier molecular flexibility index (Phi) is 5.15. The highest BCUT2D eigenvalue weighted by atomic mass is 14.2. The molecule has 0 atom stereocenters. The van der Waals surface area contributed by atoms with Gasteiger partial charge in [0.1, 0.15) is 7.85 Å². The van der Waals surface area contributed by atoms with Crippen molar-refractivity contribution in [3.8, 4) is 33.4 Å². The van der Waals surface area contributed by atoms with Gasteiger partial charge in [-0.25, -0.2) is 0 Å². The van der Waals surface area contributed by atoms with Gasteiger partial charge in [-0.1, -0.05) is 145 Å². The van der Waals surface area contributed by atoms with E-state index in [1.54, 1.807) is 0 Å². The van der Waals surface area contributed by atoms with Crippen molar-refractivity contribution in [2.24, 2.45) is 0 Å². The Hall–Kier alpha value is -4.62. The third-order valence-corrected chi connectivity index (χ3v) is 7.55. The number of rotatable bonds is 3. The number of benzene rings is 7. The van der Waals surface area contributed by atoms with Crippen molar-refractivity contribution in [3.63, 3.8) is 0 Å². The van der Waals surface area contributed by atoms with Gasteiger partial charge in [-0.2, -0.15) is 0 Å². The van der Waals surface area contributed by atoms with Gasteiger partial charge in [-0.15, -0.1) is 0 Å². The lowest BCUT2D eigenvalue weighted by Crippen LogP contribution is -1.99. The molecular weight excluding hydrogens is 443 g/mol. The highest BCUT2D eigenvalue weighted by Gasteiger charge is 2.16. The van der Waals surface area contributed by atoms with E-state index in [9.17, 15) is 0 Å². The third kappa shape index (κ3) is 3.63.